The maximum atomic E-state index is 12.6. The van der Waals surface area contributed by atoms with Crippen molar-refractivity contribution in [1.29, 1.82) is 0 Å². The molecular formula is C25H36N4O2. The highest BCUT2D eigenvalue weighted by molar-refractivity contribution is 6.02. The third-order valence-electron chi connectivity index (χ3n) is 6.15. The second-order valence-electron chi connectivity index (χ2n) is 8.52. The van der Waals surface area contributed by atoms with Crippen LogP contribution in [0.25, 0.3) is 0 Å². The van der Waals surface area contributed by atoms with Gasteiger partial charge in [-0.25, -0.2) is 0 Å². The van der Waals surface area contributed by atoms with Crippen LogP contribution in [-0.2, 0) is 6.42 Å². The minimum Gasteiger partial charge on any atom is -0.369 e. The SMILES string of the molecule is CCc1c(C(=O)NCCCCN2CCN(c3cccc(C)c3)CC2)[nH]c(C)c1C(C)=O. The van der Waals surface area contributed by atoms with Gasteiger partial charge in [-0.3, -0.25) is 14.5 Å². The van der Waals surface area contributed by atoms with E-state index in [-0.39, 0.29) is 11.7 Å². The van der Waals surface area contributed by atoms with Crippen LogP contribution >= 0.6 is 0 Å². The lowest BCUT2D eigenvalue weighted by Crippen LogP contribution is -2.46. The fraction of sp³-hybridized carbons (Fsp3) is 0.520. The predicted molar refractivity (Wildman–Crippen MR) is 126 cm³/mol. The number of piperazine rings is 1. The Morgan fingerprint density at radius 1 is 1.10 bits per heavy atom. The minimum atomic E-state index is -0.112. The Labute approximate surface area is 186 Å². The van der Waals surface area contributed by atoms with E-state index >= 15 is 0 Å². The summed E-state index contributed by atoms with van der Waals surface area (Å²) >= 11 is 0. The van der Waals surface area contributed by atoms with Crippen molar-refractivity contribution >= 4 is 17.4 Å². The average Bonchev–Trinajstić information content (AvgIpc) is 3.10. The molecule has 1 aromatic carbocycles. The molecule has 1 amide bonds. The fourth-order valence-corrected chi connectivity index (χ4v) is 4.51. The summed E-state index contributed by atoms with van der Waals surface area (Å²) in [5, 5.41) is 3.02. The number of aromatic nitrogens is 1. The minimum absolute atomic E-state index is 0.00662. The van der Waals surface area contributed by atoms with Gasteiger partial charge >= 0.3 is 0 Å². The number of aromatic amines is 1. The van der Waals surface area contributed by atoms with Crippen molar-refractivity contribution in [2.75, 3.05) is 44.2 Å². The van der Waals surface area contributed by atoms with Crippen LogP contribution in [0.3, 0.4) is 0 Å². The summed E-state index contributed by atoms with van der Waals surface area (Å²) in [5.41, 5.74) is 5.43. The molecule has 0 unspecified atom stereocenters. The van der Waals surface area contributed by atoms with Crippen LogP contribution in [0.1, 0.15) is 64.4 Å². The molecule has 0 radical (unpaired) electrons. The van der Waals surface area contributed by atoms with Gasteiger partial charge in [-0.2, -0.15) is 0 Å². The maximum absolute atomic E-state index is 12.6. The number of hydrogen-bond donors (Lipinski definition) is 2. The standard InChI is InChI=1S/C25H36N4O2/c1-5-22-23(20(4)30)19(3)27-24(22)25(31)26-11-6-7-12-28-13-15-29(16-14-28)21-10-8-9-18(2)17-21/h8-10,17,27H,5-7,11-16H2,1-4H3,(H,26,31). The Morgan fingerprint density at radius 2 is 1.84 bits per heavy atom. The molecule has 2 heterocycles. The Hall–Kier alpha value is -2.60. The first-order valence-electron chi connectivity index (χ1n) is 11.4. The highest BCUT2D eigenvalue weighted by Gasteiger charge is 2.21. The zero-order valence-electron chi connectivity index (χ0n) is 19.4. The second-order valence-corrected chi connectivity index (χ2v) is 8.52. The van der Waals surface area contributed by atoms with Crippen molar-refractivity contribution in [3.63, 3.8) is 0 Å². The third kappa shape index (κ3) is 5.76. The van der Waals surface area contributed by atoms with Crippen molar-refractivity contribution in [1.82, 2.24) is 15.2 Å². The predicted octanol–water partition coefficient (Wildman–Crippen LogP) is 3.73. The molecular weight excluding hydrogens is 388 g/mol. The molecule has 6 heteroatoms. The van der Waals surface area contributed by atoms with Crippen molar-refractivity contribution in [2.24, 2.45) is 0 Å². The lowest BCUT2D eigenvalue weighted by atomic mass is 10.0. The summed E-state index contributed by atoms with van der Waals surface area (Å²) in [4.78, 5) is 32.6. The summed E-state index contributed by atoms with van der Waals surface area (Å²) < 4.78 is 0. The van der Waals surface area contributed by atoms with E-state index in [1.54, 1.807) is 6.92 Å². The van der Waals surface area contributed by atoms with E-state index in [4.69, 9.17) is 0 Å². The van der Waals surface area contributed by atoms with Gasteiger partial charge in [0, 0.05) is 49.7 Å². The fourth-order valence-electron chi connectivity index (χ4n) is 4.51. The first kappa shape index (κ1) is 23.1. The smallest absolute Gasteiger partial charge is 0.268 e. The molecule has 1 aromatic heterocycles. The molecule has 2 aromatic rings. The summed E-state index contributed by atoms with van der Waals surface area (Å²) in [6, 6.07) is 8.72. The number of carbonyl (C=O) groups excluding carboxylic acids is 2. The van der Waals surface area contributed by atoms with E-state index in [2.05, 4.69) is 51.3 Å². The highest BCUT2D eigenvalue weighted by Crippen LogP contribution is 2.20. The van der Waals surface area contributed by atoms with E-state index in [1.165, 1.54) is 11.3 Å². The van der Waals surface area contributed by atoms with E-state index in [9.17, 15) is 9.59 Å². The largest absolute Gasteiger partial charge is 0.369 e. The number of benzene rings is 1. The molecule has 6 nitrogen and oxygen atoms in total. The number of nitrogens with one attached hydrogen (secondary N) is 2. The van der Waals surface area contributed by atoms with Crippen molar-refractivity contribution in [3.05, 3.63) is 52.3 Å². The lowest BCUT2D eigenvalue weighted by Gasteiger charge is -2.36. The molecule has 0 atom stereocenters. The van der Waals surface area contributed by atoms with Gasteiger partial charge in [0.15, 0.2) is 5.78 Å². The molecule has 0 saturated carbocycles. The maximum Gasteiger partial charge on any atom is 0.268 e. The van der Waals surface area contributed by atoms with Crippen LogP contribution in [-0.4, -0.2) is 60.8 Å². The first-order valence-corrected chi connectivity index (χ1v) is 11.4. The number of hydrogen-bond acceptors (Lipinski definition) is 4. The van der Waals surface area contributed by atoms with Crippen LogP contribution in [0.2, 0.25) is 0 Å². The Balaban J connectivity index is 1.38. The monoisotopic (exact) mass is 424 g/mol. The van der Waals surface area contributed by atoms with Crippen LogP contribution in [0.4, 0.5) is 5.69 Å². The number of H-pyrrole nitrogens is 1. The van der Waals surface area contributed by atoms with Gasteiger partial charge in [-0.1, -0.05) is 19.1 Å². The molecule has 31 heavy (non-hydrogen) atoms. The van der Waals surface area contributed by atoms with Gasteiger partial charge < -0.3 is 15.2 Å². The second kappa shape index (κ2) is 10.6. The molecule has 0 aliphatic carbocycles. The number of nitrogens with zero attached hydrogens (tertiary/aromatic N) is 2. The Bertz CT molecular complexity index is 910. The van der Waals surface area contributed by atoms with E-state index in [0.29, 0.717) is 24.2 Å². The van der Waals surface area contributed by atoms with Crippen LogP contribution in [0.5, 0.6) is 0 Å². The number of rotatable bonds is 9. The van der Waals surface area contributed by atoms with Crippen LogP contribution in [0.15, 0.2) is 24.3 Å². The molecule has 1 fully saturated rings. The number of Topliss-reactive ketones (excluding diaryl/α,β-unsaturated/α-hetero) is 1. The van der Waals surface area contributed by atoms with Gasteiger partial charge in [-0.05, 0) is 69.8 Å². The molecule has 1 aliphatic rings. The number of amides is 1. The van der Waals surface area contributed by atoms with Gasteiger partial charge in [0.2, 0.25) is 0 Å². The van der Waals surface area contributed by atoms with Gasteiger partial charge in [0.05, 0.1) is 0 Å². The number of unbranched alkanes of at least 4 members (excludes halogenated alkanes) is 1. The third-order valence-corrected chi connectivity index (χ3v) is 6.15. The van der Waals surface area contributed by atoms with Crippen molar-refractivity contribution < 1.29 is 9.59 Å². The number of anilines is 1. The molecule has 2 N–H and O–H groups in total. The molecule has 1 aliphatic heterocycles. The van der Waals surface area contributed by atoms with Crippen molar-refractivity contribution in [2.45, 2.75) is 47.0 Å². The molecule has 1 saturated heterocycles. The molecule has 0 spiro atoms. The normalized spacial score (nSPS) is 14.6. The van der Waals surface area contributed by atoms with Gasteiger partial charge in [0.25, 0.3) is 5.91 Å². The zero-order valence-corrected chi connectivity index (χ0v) is 19.4. The Kier molecular flexibility index (Phi) is 7.91. The average molecular weight is 425 g/mol. The van der Waals surface area contributed by atoms with Crippen LogP contribution in [0, 0.1) is 13.8 Å². The summed E-state index contributed by atoms with van der Waals surface area (Å²) in [6.45, 7) is 13.5. The number of carbonyl (C=O) groups is 2. The Morgan fingerprint density at radius 3 is 2.48 bits per heavy atom. The summed E-state index contributed by atoms with van der Waals surface area (Å²) in [6.07, 6.45) is 2.68. The number of aryl methyl sites for hydroxylation is 2. The van der Waals surface area contributed by atoms with Gasteiger partial charge in [0.1, 0.15) is 5.69 Å². The first-order chi connectivity index (χ1) is 14.9. The lowest BCUT2D eigenvalue weighted by molar-refractivity contribution is 0.0947. The quantitative estimate of drug-likeness (QED) is 0.475. The molecule has 0 bridgehead atoms. The topological polar surface area (TPSA) is 68.4 Å². The summed E-state index contributed by atoms with van der Waals surface area (Å²) in [5.74, 6) is -0.105. The summed E-state index contributed by atoms with van der Waals surface area (Å²) in [7, 11) is 0. The van der Waals surface area contributed by atoms with E-state index < -0.39 is 0 Å². The molecule has 3 rings (SSSR count). The molecule has 168 valence electrons. The number of ketones is 1. The van der Waals surface area contributed by atoms with Crippen LogP contribution < -0.4 is 10.2 Å². The van der Waals surface area contributed by atoms with E-state index in [0.717, 1.165) is 56.8 Å². The van der Waals surface area contributed by atoms with Gasteiger partial charge in [-0.15, -0.1) is 0 Å². The van der Waals surface area contributed by atoms with E-state index in [1.807, 2.05) is 13.8 Å². The highest BCUT2D eigenvalue weighted by atomic mass is 16.2. The van der Waals surface area contributed by atoms with Crippen molar-refractivity contribution in [3.8, 4) is 0 Å². The zero-order chi connectivity index (χ0) is 22.4.